The number of carbonyl (C=O) groups is 2. The number of hydrogen-bond donors (Lipinski definition) is 1. The van der Waals surface area contributed by atoms with Gasteiger partial charge in [-0.25, -0.2) is 13.2 Å². The van der Waals surface area contributed by atoms with Gasteiger partial charge in [0.15, 0.2) is 0 Å². The fourth-order valence-electron chi connectivity index (χ4n) is 3.50. The van der Waals surface area contributed by atoms with E-state index in [1.54, 1.807) is 43.4 Å². The first-order chi connectivity index (χ1) is 15.3. The Morgan fingerprint density at radius 1 is 1.06 bits per heavy atom. The second kappa shape index (κ2) is 9.27. The number of aromatic nitrogens is 1. The smallest absolute Gasteiger partial charge is 0.360 e. The molecule has 0 spiro atoms. The van der Waals surface area contributed by atoms with Crippen molar-refractivity contribution in [3.63, 3.8) is 0 Å². The van der Waals surface area contributed by atoms with Crippen LogP contribution in [0, 0.1) is 0 Å². The highest BCUT2D eigenvalue weighted by atomic mass is 32.2. The average molecular weight is 474 g/mol. The second-order valence-electron chi connectivity index (χ2n) is 7.48. The van der Waals surface area contributed by atoms with Crippen LogP contribution in [-0.2, 0) is 17.1 Å². The van der Waals surface area contributed by atoms with Crippen molar-refractivity contribution >= 4 is 38.9 Å². The number of thiophene rings is 1. The number of rotatable bonds is 6. The third kappa shape index (κ3) is 4.77. The topological polar surface area (TPSA) is 97.7 Å². The Morgan fingerprint density at radius 3 is 2.44 bits per heavy atom. The minimum Gasteiger partial charge on any atom is -0.422 e. The number of amides is 1. The lowest BCUT2D eigenvalue weighted by molar-refractivity contribution is 0.0724. The molecule has 0 unspecified atom stereocenters. The molecular weight excluding hydrogens is 450 g/mol. The molecule has 1 amide bonds. The number of sulfonamides is 1. The van der Waals surface area contributed by atoms with Gasteiger partial charge in [-0.3, -0.25) is 4.79 Å². The van der Waals surface area contributed by atoms with Crippen LogP contribution in [0.1, 0.15) is 39.4 Å². The van der Waals surface area contributed by atoms with E-state index in [9.17, 15) is 18.0 Å². The molecule has 1 fully saturated rings. The molecule has 8 nitrogen and oxygen atoms in total. The first kappa shape index (κ1) is 22.3. The number of benzene rings is 1. The Balaban J connectivity index is 1.43. The zero-order valence-electron chi connectivity index (χ0n) is 17.5. The fraction of sp³-hybridized carbons (Fsp3) is 0.273. The van der Waals surface area contributed by atoms with Gasteiger partial charge in [-0.15, -0.1) is 11.3 Å². The number of ether oxygens (including phenoxy) is 1. The van der Waals surface area contributed by atoms with Crippen molar-refractivity contribution in [2.24, 2.45) is 7.05 Å². The summed E-state index contributed by atoms with van der Waals surface area (Å²) in [5, 5.41) is 4.60. The van der Waals surface area contributed by atoms with E-state index in [0.717, 1.165) is 19.3 Å². The third-order valence-electron chi connectivity index (χ3n) is 5.21. The van der Waals surface area contributed by atoms with Crippen molar-refractivity contribution in [3.8, 4) is 5.75 Å². The van der Waals surface area contributed by atoms with E-state index in [0.29, 0.717) is 23.7 Å². The van der Waals surface area contributed by atoms with Gasteiger partial charge in [0.05, 0.1) is 4.88 Å². The third-order valence-corrected chi connectivity index (χ3v) is 7.94. The van der Waals surface area contributed by atoms with Gasteiger partial charge in [-0.05, 0) is 54.6 Å². The highest BCUT2D eigenvalue weighted by Crippen LogP contribution is 2.24. The summed E-state index contributed by atoms with van der Waals surface area (Å²) < 4.78 is 34.1. The van der Waals surface area contributed by atoms with Crippen LogP contribution in [0.15, 0.2) is 58.9 Å². The zero-order chi connectivity index (χ0) is 22.7. The molecule has 0 saturated carbocycles. The largest absolute Gasteiger partial charge is 0.422 e. The minimum atomic E-state index is -3.64. The quantitative estimate of drug-likeness (QED) is 0.435. The lowest BCUT2D eigenvalue weighted by atomic mass is 10.2. The van der Waals surface area contributed by atoms with Crippen LogP contribution >= 0.6 is 11.3 Å². The molecule has 32 heavy (non-hydrogen) atoms. The summed E-state index contributed by atoms with van der Waals surface area (Å²) in [6.07, 6.45) is 4.13. The molecule has 2 aromatic heterocycles. The Bertz CT molecular complexity index is 1210. The Hall–Kier alpha value is -2.95. The maximum atomic E-state index is 12.9. The summed E-state index contributed by atoms with van der Waals surface area (Å²) in [6.45, 7) is 0.985. The molecule has 0 atom stereocenters. The van der Waals surface area contributed by atoms with E-state index in [-0.39, 0.29) is 22.2 Å². The standard InChI is InChI=1S/C22H23N3O5S2/c1-24-15-18(32(28,29)25-11-3-2-4-12-25)14-19(24)22(27)30-17-9-7-16(8-10-17)23-21(26)20-6-5-13-31-20/h5-10,13-15H,2-4,11-12H2,1H3,(H,23,26). The molecule has 1 aliphatic rings. The number of nitrogens with one attached hydrogen (secondary N) is 1. The summed E-state index contributed by atoms with van der Waals surface area (Å²) in [7, 11) is -2.03. The molecule has 1 aliphatic heterocycles. The van der Waals surface area contributed by atoms with Gasteiger partial charge in [0.2, 0.25) is 10.0 Å². The predicted octanol–water partition coefficient (Wildman–Crippen LogP) is 3.73. The number of carbonyl (C=O) groups excluding carboxylic acids is 2. The summed E-state index contributed by atoms with van der Waals surface area (Å²) in [5.74, 6) is -0.593. The van der Waals surface area contributed by atoms with Crippen molar-refractivity contribution in [2.45, 2.75) is 24.2 Å². The second-order valence-corrected chi connectivity index (χ2v) is 10.4. The summed E-state index contributed by atoms with van der Waals surface area (Å²) in [5.41, 5.74) is 0.702. The van der Waals surface area contributed by atoms with E-state index >= 15 is 0 Å². The van der Waals surface area contributed by atoms with Gasteiger partial charge in [0.1, 0.15) is 16.3 Å². The maximum absolute atomic E-state index is 12.9. The molecule has 3 heterocycles. The van der Waals surface area contributed by atoms with Crippen molar-refractivity contribution in [3.05, 3.63) is 64.6 Å². The van der Waals surface area contributed by atoms with E-state index in [1.165, 1.54) is 32.5 Å². The minimum absolute atomic E-state index is 0.0838. The van der Waals surface area contributed by atoms with E-state index in [2.05, 4.69) is 5.32 Å². The Kier molecular flexibility index (Phi) is 6.45. The SMILES string of the molecule is Cn1cc(S(=O)(=O)N2CCCCC2)cc1C(=O)Oc1ccc(NC(=O)c2cccs2)cc1. The normalized spacial score (nSPS) is 14.8. The van der Waals surface area contributed by atoms with E-state index < -0.39 is 16.0 Å². The fourth-order valence-corrected chi connectivity index (χ4v) is 5.71. The van der Waals surface area contributed by atoms with Gasteiger partial charge in [-0.1, -0.05) is 12.5 Å². The van der Waals surface area contributed by atoms with Crippen molar-refractivity contribution in [1.29, 1.82) is 0 Å². The number of nitrogens with zero attached hydrogens (tertiary/aromatic N) is 2. The number of anilines is 1. The van der Waals surface area contributed by atoms with Gasteiger partial charge >= 0.3 is 5.97 Å². The molecule has 0 aliphatic carbocycles. The molecule has 1 saturated heterocycles. The summed E-state index contributed by atoms with van der Waals surface area (Å²) >= 11 is 1.34. The van der Waals surface area contributed by atoms with Crippen molar-refractivity contribution < 1.29 is 22.7 Å². The monoisotopic (exact) mass is 473 g/mol. The number of esters is 1. The molecule has 1 aromatic carbocycles. The van der Waals surface area contributed by atoms with Gasteiger partial charge in [0, 0.05) is 32.0 Å². The predicted molar refractivity (Wildman–Crippen MR) is 122 cm³/mol. The molecule has 0 radical (unpaired) electrons. The lowest BCUT2D eigenvalue weighted by Gasteiger charge is -2.25. The Morgan fingerprint density at radius 2 is 1.78 bits per heavy atom. The van der Waals surface area contributed by atoms with Gasteiger partial charge < -0.3 is 14.6 Å². The summed E-state index contributed by atoms with van der Waals surface area (Å²) in [6, 6.07) is 11.3. The molecule has 1 N–H and O–H groups in total. The van der Waals surface area contributed by atoms with Gasteiger partial charge in [-0.2, -0.15) is 4.31 Å². The molecule has 168 valence electrons. The first-order valence-corrected chi connectivity index (χ1v) is 12.5. The van der Waals surface area contributed by atoms with E-state index in [4.69, 9.17) is 4.74 Å². The molecule has 4 rings (SSSR count). The van der Waals surface area contributed by atoms with Crippen LogP contribution in [0.4, 0.5) is 5.69 Å². The maximum Gasteiger partial charge on any atom is 0.360 e. The lowest BCUT2D eigenvalue weighted by Crippen LogP contribution is -2.35. The number of piperidine rings is 1. The van der Waals surface area contributed by atoms with Crippen molar-refractivity contribution in [1.82, 2.24) is 8.87 Å². The zero-order valence-corrected chi connectivity index (χ0v) is 19.1. The number of hydrogen-bond acceptors (Lipinski definition) is 6. The van der Waals surface area contributed by atoms with Crippen LogP contribution in [0.3, 0.4) is 0 Å². The van der Waals surface area contributed by atoms with Crippen molar-refractivity contribution in [2.75, 3.05) is 18.4 Å². The molecule has 0 bridgehead atoms. The molecule has 10 heteroatoms. The molecular formula is C22H23N3O5S2. The summed E-state index contributed by atoms with van der Waals surface area (Å²) in [4.78, 5) is 25.4. The van der Waals surface area contributed by atoms with Crippen LogP contribution in [-0.4, -0.2) is 42.3 Å². The van der Waals surface area contributed by atoms with Crippen LogP contribution in [0.5, 0.6) is 5.75 Å². The van der Waals surface area contributed by atoms with Crippen LogP contribution < -0.4 is 10.1 Å². The number of aryl methyl sites for hydroxylation is 1. The van der Waals surface area contributed by atoms with E-state index in [1.807, 2.05) is 5.38 Å². The first-order valence-electron chi connectivity index (χ1n) is 10.2. The molecule has 3 aromatic rings. The van der Waals surface area contributed by atoms with Gasteiger partial charge in [0.25, 0.3) is 5.91 Å². The average Bonchev–Trinajstić information content (AvgIpc) is 3.46. The highest BCUT2D eigenvalue weighted by molar-refractivity contribution is 7.89. The highest BCUT2D eigenvalue weighted by Gasteiger charge is 2.29. The van der Waals surface area contributed by atoms with Crippen LogP contribution in [0.25, 0.3) is 0 Å². The van der Waals surface area contributed by atoms with Crippen LogP contribution in [0.2, 0.25) is 0 Å². The Labute approximate surface area is 190 Å².